The first-order chi connectivity index (χ1) is 16.5. The molecule has 0 saturated heterocycles. The highest BCUT2D eigenvalue weighted by Crippen LogP contribution is 2.30. The largest absolute Gasteiger partial charge is 0.497 e. The summed E-state index contributed by atoms with van der Waals surface area (Å²) in [7, 11) is 1.58. The number of hydrogen-bond acceptors (Lipinski definition) is 8. The van der Waals surface area contributed by atoms with Crippen molar-refractivity contribution >= 4 is 17.3 Å². The Morgan fingerprint density at radius 3 is 2.53 bits per heavy atom. The molecule has 1 amide bonds. The summed E-state index contributed by atoms with van der Waals surface area (Å²) in [6, 6.07) is 17.4. The zero-order valence-electron chi connectivity index (χ0n) is 18.0. The number of pyridine rings is 1. The minimum absolute atomic E-state index is 0.0227. The highest BCUT2D eigenvalue weighted by Gasteiger charge is 2.16. The third-order valence-electron chi connectivity index (χ3n) is 4.56. The Kier molecular flexibility index (Phi) is 6.68. The van der Waals surface area contributed by atoms with E-state index in [1.54, 1.807) is 55.8 Å². The van der Waals surface area contributed by atoms with E-state index in [1.807, 2.05) is 0 Å². The summed E-state index contributed by atoms with van der Waals surface area (Å²) >= 11 is 0. The lowest BCUT2D eigenvalue weighted by atomic mass is 10.2. The molecule has 10 nitrogen and oxygen atoms in total. The maximum Gasteiger partial charge on any atom is 0.291 e. The topological polar surface area (TPSA) is 126 Å². The van der Waals surface area contributed by atoms with E-state index in [9.17, 15) is 14.9 Å². The molecule has 0 aliphatic carbocycles. The standard InChI is InChI=1S/C24H19N3O7/c1-31-18-4-6-19(7-5-18)32-15-21-8-9-23(34-21)24(28)26-16-11-17(27(29)30)13-22(12-16)33-20-3-2-10-25-14-20/h2-14H,15H2,1H3,(H,26,28). The van der Waals surface area contributed by atoms with Crippen molar-refractivity contribution in [3.8, 4) is 23.0 Å². The summed E-state index contributed by atoms with van der Waals surface area (Å²) in [4.78, 5) is 27.3. The summed E-state index contributed by atoms with van der Waals surface area (Å²) in [5.74, 6) is 1.76. The van der Waals surface area contributed by atoms with Gasteiger partial charge in [0.1, 0.15) is 35.4 Å². The van der Waals surface area contributed by atoms with Gasteiger partial charge in [-0.05, 0) is 48.5 Å². The minimum atomic E-state index is -0.580. The van der Waals surface area contributed by atoms with Gasteiger partial charge in [-0.1, -0.05) is 0 Å². The Bertz CT molecular complexity index is 1290. The van der Waals surface area contributed by atoms with Crippen LogP contribution in [0.15, 0.2) is 83.5 Å². The van der Waals surface area contributed by atoms with Crippen LogP contribution < -0.4 is 19.5 Å². The monoisotopic (exact) mass is 461 g/mol. The highest BCUT2D eigenvalue weighted by molar-refractivity contribution is 6.02. The zero-order chi connectivity index (χ0) is 23.9. The van der Waals surface area contributed by atoms with Crippen molar-refractivity contribution in [2.75, 3.05) is 12.4 Å². The summed E-state index contributed by atoms with van der Waals surface area (Å²) in [6.07, 6.45) is 3.04. The molecule has 0 unspecified atom stereocenters. The number of nitrogens with one attached hydrogen (secondary N) is 1. The highest BCUT2D eigenvalue weighted by atomic mass is 16.6. The van der Waals surface area contributed by atoms with E-state index in [1.165, 1.54) is 30.5 Å². The van der Waals surface area contributed by atoms with Crippen molar-refractivity contribution in [1.82, 2.24) is 4.98 Å². The molecule has 0 atom stereocenters. The van der Waals surface area contributed by atoms with E-state index >= 15 is 0 Å². The smallest absolute Gasteiger partial charge is 0.291 e. The Morgan fingerprint density at radius 2 is 1.82 bits per heavy atom. The molecular formula is C24H19N3O7. The van der Waals surface area contributed by atoms with Gasteiger partial charge >= 0.3 is 0 Å². The second-order valence-electron chi connectivity index (χ2n) is 6.95. The number of nitrogens with zero attached hydrogens (tertiary/aromatic N) is 2. The van der Waals surface area contributed by atoms with Crippen molar-refractivity contribution in [2.24, 2.45) is 0 Å². The molecule has 2 aromatic carbocycles. The lowest BCUT2D eigenvalue weighted by Gasteiger charge is -2.08. The number of aromatic nitrogens is 1. The van der Waals surface area contributed by atoms with E-state index < -0.39 is 10.8 Å². The number of nitro groups is 1. The first kappa shape index (κ1) is 22.3. The summed E-state index contributed by atoms with van der Waals surface area (Å²) < 4.78 is 21.9. The number of hydrogen-bond donors (Lipinski definition) is 1. The molecule has 0 fully saturated rings. The van der Waals surface area contributed by atoms with Gasteiger partial charge in [-0.15, -0.1) is 0 Å². The number of carbonyl (C=O) groups excluding carboxylic acids is 1. The lowest BCUT2D eigenvalue weighted by Crippen LogP contribution is -2.11. The van der Waals surface area contributed by atoms with Gasteiger partial charge in [-0.25, -0.2) is 0 Å². The molecule has 0 radical (unpaired) electrons. The SMILES string of the molecule is COc1ccc(OCc2ccc(C(=O)Nc3cc(Oc4cccnc4)cc([N+](=O)[O-])c3)o2)cc1. The second-order valence-corrected chi connectivity index (χ2v) is 6.95. The molecule has 0 aliphatic rings. The number of methoxy groups -OCH3 is 1. The predicted molar refractivity (Wildman–Crippen MR) is 121 cm³/mol. The Labute approximate surface area is 193 Å². The van der Waals surface area contributed by atoms with Crippen LogP contribution >= 0.6 is 0 Å². The van der Waals surface area contributed by atoms with Crippen molar-refractivity contribution < 1.29 is 28.3 Å². The molecule has 0 aliphatic heterocycles. The van der Waals surface area contributed by atoms with Gasteiger partial charge in [0, 0.05) is 18.3 Å². The van der Waals surface area contributed by atoms with Crippen LogP contribution in [0.4, 0.5) is 11.4 Å². The molecule has 1 N–H and O–H groups in total. The van der Waals surface area contributed by atoms with Crippen LogP contribution in [-0.2, 0) is 6.61 Å². The third-order valence-corrected chi connectivity index (χ3v) is 4.56. The molecule has 34 heavy (non-hydrogen) atoms. The molecule has 10 heteroatoms. The lowest BCUT2D eigenvalue weighted by molar-refractivity contribution is -0.384. The number of rotatable bonds is 9. The van der Waals surface area contributed by atoms with Gasteiger partial charge in [-0.3, -0.25) is 19.9 Å². The van der Waals surface area contributed by atoms with Gasteiger partial charge in [0.2, 0.25) is 0 Å². The van der Waals surface area contributed by atoms with Crippen molar-refractivity contribution in [2.45, 2.75) is 6.61 Å². The predicted octanol–water partition coefficient (Wildman–Crippen LogP) is 5.22. The Hall–Kier alpha value is -4.86. The van der Waals surface area contributed by atoms with E-state index in [4.69, 9.17) is 18.6 Å². The number of nitro benzene ring substituents is 1. The number of benzene rings is 2. The fourth-order valence-corrected chi connectivity index (χ4v) is 2.96. The minimum Gasteiger partial charge on any atom is -0.497 e. The number of carbonyl (C=O) groups is 1. The van der Waals surface area contributed by atoms with Crippen molar-refractivity contribution in [3.63, 3.8) is 0 Å². The third kappa shape index (κ3) is 5.68. The quantitative estimate of drug-likeness (QED) is 0.266. The fourth-order valence-electron chi connectivity index (χ4n) is 2.96. The molecule has 0 spiro atoms. The Morgan fingerprint density at radius 1 is 1.03 bits per heavy atom. The maximum atomic E-state index is 12.6. The van der Waals surface area contributed by atoms with Gasteiger partial charge in [0.25, 0.3) is 11.6 Å². The van der Waals surface area contributed by atoms with E-state index in [2.05, 4.69) is 10.3 Å². The molecule has 0 bridgehead atoms. The first-order valence-corrected chi connectivity index (χ1v) is 10.0. The first-order valence-electron chi connectivity index (χ1n) is 10.0. The number of non-ortho nitro benzene ring substituents is 1. The average Bonchev–Trinajstić information content (AvgIpc) is 3.33. The second kappa shape index (κ2) is 10.2. The van der Waals surface area contributed by atoms with E-state index in [-0.39, 0.29) is 29.5 Å². The van der Waals surface area contributed by atoms with Crippen LogP contribution in [-0.4, -0.2) is 22.9 Å². The molecule has 4 rings (SSSR count). The molecule has 2 aromatic heterocycles. The van der Waals surface area contributed by atoms with Crippen LogP contribution in [0.2, 0.25) is 0 Å². The summed E-state index contributed by atoms with van der Waals surface area (Å²) in [5.41, 5.74) is -0.0739. The molecule has 4 aromatic rings. The number of furan rings is 1. The van der Waals surface area contributed by atoms with Crippen molar-refractivity contribution in [3.05, 3.63) is 101 Å². The van der Waals surface area contributed by atoms with E-state index in [0.717, 1.165) is 0 Å². The molecule has 172 valence electrons. The van der Waals surface area contributed by atoms with Crippen LogP contribution in [0.25, 0.3) is 0 Å². The fraction of sp³-hybridized carbons (Fsp3) is 0.0833. The van der Waals surface area contributed by atoms with Crippen LogP contribution in [0, 0.1) is 10.1 Å². The normalized spacial score (nSPS) is 10.4. The van der Waals surface area contributed by atoms with Gasteiger partial charge < -0.3 is 23.9 Å². The van der Waals surface area contributed by atoms with E-state index in [0.29, 0.717) is 23.0 Å². The summed E-state index contributed by atoms with van der Waals surface area (Å²) in [5, 5.41) is 13.9. The average molecular weight is 461 g/mol. The van der Waals surface area contributed by atoms with Gasteiger partial charge in [0.15, 0.2) is 5.76 Å². The molecule has 0 saturated carbocycles. The van der Waals surface area contributed by atoms with Gasteiger partial charge in [-0.2, -0.15) is 0 Å². The molecular weight excluding hydrogens is 442 g/mol. The van der Waals surface area contributed by atoms with Crippen LogP contribution in [0.1, 0.15) is 16.3 Å². The number of amides is 1. The van der Waals surface area contributed by atoms with Gasteiger partial charge in [0.05, 0.1) is 30.0 Å². The number of anilines is 1. The van der Waals surface area contributed by atoms with Crippen molar-refractivity contribution in [1.29, 1.82) is 0 Å². The zero-order valence-corrected chi connectivity index (χ0v) is 18.0. The van der Waals surface area contributed by atoms with Crippen LogP contribution in [0.5, 0.6) is 23.0 Å². The Balaban J connectivity index is 1.43. The maximum absolute atomic E-state index is 12.6. The molecule has 2 heterocycles. The van der Waals surface area contributed by atoms with Crippen LogP contribution in [0.3, 0.4) is 0 Å². The number of ether oxygens (including phenoxy) is 3. The summed E-state index contributed by atoms with van der Waals surface area (Å²) in [6.45, 7) is 0.111.